The van der Waals surface area contributed by atoms with E-state index in [1.165, 1.54) is 0 Å². The third-order valence-electron chi connectivity index (χ3n) is 5.46. The van der Waals surface area contributed by atoms with Crippen LogP contribution in [0.3, 0.4) is 0 Å². The molecule has 0 unspecified atom stereocenters. The van der Waals surface area contributed by atoms with Crippen molar-refractivity contribution in [2.45, 2.75) is 27.2 Å². The van der Waals surface area contributed by atoms with Gasteiger partial charge in [-0.3, -0.25) is 4.79 Å². The number of aromatic nitrogens is 2. The number of nitrogens with zero attached hydrogens (tertiary/aromatic N) is 1. The van der Waals surface area contributed by atoms with Gasteiger partial charge >= 0.3 is 5.97 Å². The van der Waals surface area contributed by atoms with Gasteiger partial charge in [0.2, 0.25) is 0 Å². The molecule has 6 nitrogen and oxygen atoms in total. The molecule has 0 spiro atoms. The molecule has 0 radical (unpaired) electrons. The van der Waals surface area contributed by atoms with Crippen LogP contribution >= 0.6 is 11.6 Å². The van der Waals surface area contributed by atoms with E-state index in [1.807, 2.05) is 50.2 Å². The number of ether oxygens (including phenoxy) is 2. The van der Waals surface area contributed by atoms with Crippen LogP contribution in [-0.2, 0) is 16.0 Å². The van der Waals surface area contributed by atoms with Gasteiger partial charge in [-0.1, -0.05) is 23.7 Å². The Balaban J connectivity index is 1.57. The lowest BCUT2D eigenvalue weighted by molar-refractivity contribution is -0.145. The number of rotatable bonds is 8. The molecule has 0 bridgehead atoms. The normalized spacial score (nSPS) is 10.9. The van der Waals surface area contributed by atoms with Gasteiger partial charge in [-0.25, -0.2) is 9.78 Å². The summed E-state index contributed by atoms with van der Waals surface area (Å²) in [5.74, 6) is 0.911. The molecule has 1 heterocycles. The highest BCUT2D eigenvalue weighted by Crippen LogP contribution is 2.31. The number of hydrogen-bond donors (Lipinski definition) is 1. The van der Waals surface area contributed by atoms with Crippen molar-refractivity contribution < 1.29 is 19.1 Å². The molecule has 1 N–H and O–H groups in total. The van der Waals surface area contributed by atoms with Gasteiger partial charge < -0.3 is 14.5 Å². The number of carbonyl (C=O) groups is 2. The molecule has 1 aromatic heterocycles. The number of hydrogen-bond acceptors (Lipinski definition) is 5. The lowest BCUT2D eigenvalue weighted by atomic mass is 10.0. The highest BCUT2D eigenvalue weighted by atomic mass is 35.5. The molecule has 3 aromatic carbocycles. The maximum Gasteiger partial charge on any atom is 0.344 e. The molecule has 174 valence electrons. The summed E-state index contributed by atoms with van der Waals surface area (Å²) in [6, 6.07) is 16.5. The van der Waals surface area contributed by atoms with E-state index in [4.69, 9.17) is 26.1 Å². The fourth-order valence-electron chi connectivity index (χ4n) is 3.96. The topological polar surface area (TPSA) is 81.3 Å². The van der Waals surface area contributed by atoms with Crippen molar-refractivity contribution in [2.75, 3.05) is 13.2 Å². The van der Waals surface area contributed by atoms with Gasteiger partial charge in [0.05, 0.1) is 17.6 Å². The minimum atomic E-state index is -0.403. The second-order valence-electron chi connectivity index (χ2n) is 8.07. The molecular formula is C27H25ClN2O4. The second-order valence-corrected chi connectivity index (χ2v) is 8.51. The van der Waals surface area contributed by atoms with Crippen LogP contribution in [0.1, 0.15) is 34.0 Å². The number of nitrogens with one attached hydrogen (secondary N) is 1. The Morgan fingerprint density at radius 2 is 1.79 bits per heavy atom. The SMILES string of the molecule is CCOC(=O)COc1cc(C)c(-c2nc3ccc(C(=O)Cc4cccc(Cl)c4)cc3[nH]2)c(C)c1. The highest BCUT2D eigenvalue weighted by Gasteiger charge is 2.15. The van der Waals surface area contributed by atoms with Crippen molar-refractivity contribution in [1.82, 2.24) is 9.97 Å². The van der Waals surface area contributed by atoms with Gasteiger partial charge in [0.1, 0.15) is 11.6 Å². The Kier molecular flexibility index (Phi) is 6.98. The first-order chi connectivity index (χ1) is 16.3. The average Bonchev–Trinajstić information content (AvgIpc) is 3.20. The number of aromatic amines is 1. The fraction of sp³-hybridized carbons (Fsp3) is 0.222. The molecule has 4 aromatic rings. The summed E-state index contributed by atoms with van der Waals surface area (Å²) in [6.07, 6.45) is 0.276. The number of esters is 1. The van der Waals surface area contributed by atoms with E-state index in [1.54, 1.807) is 25.1 Å². The number of H-pyrrole nitrogens is 1. The average molecular weight is 477 g/mol. The zero-order valence-corrected chi connectivity index (χ0v) is 20.0. The Bertz CT molecular complexity index is 1350. The Hall–Kier alpha value is -3.64. The summed E-state index contributed by atoms with van der Waals surface area (Å²) in [7, 11) is 0. The number of Topliss-reactive ketones (excluding diaryl/α,β-unsaturated/α-hetero) is 1. The zero-order valence-electron chi connectivity index (χ0n) is 19.3. The first-order valence-electron chi connectivity index (χ1n) is 11.0. The van der Waals surface area contributed by atoms with Crippen molar-refractivity contribution >= 4 is 34.4 Å². The first kappa shape index (κ1) is 23.5. The van der Waals surface area contributed by atoms with Crippen molar-refractivity contribution in [3.8, 4) is 17.1 Å². The van der Waals surface area contributed by atoms with Crippen LogP contribution in [0, 0.1) is 13.8 Å². The summed E-state index contributed by atoms with van der Waals surface area (Å²) >= 11 is 6.04. The van der Waals surface area contributed by atoms with Crippen LogP contribution in [0.15, 0.2) is 54.6 Å². The Morgan fingerprint density at radius 1 is 1.03 bits per heavy atom. The van der Waals surface area contributed by atoms with Crippen molar-refractivity contribution in [3.63, 3.8) is 0 Å². The third kappa shape index (κ3) is 5.29. The molecule has 4 rings (SSSR count). The molecule has 0 saturated carbocycles. The number of ketones is 1. The summed E-state index contributed by atoms with van der Waals surface area (Å²) in [4.78, 5) is 32.5. The number of carbonyl (C=O) groups excluding carboxylic acids is 2. The highest BCUT2D eigenvalue weighted by molar-refractivity contribution is 6.30. The molecule has 0 atom stereocenters. The van der Waals surface area contributed by atoms with Gasteiger partial charge in [-0.15, -0.1) is 0 Å². The van der Waals surface area contributed by atoms with E-state index in [2.05, 4.69) is 4.98 Å². The summed E-state index contributed by atoms with van der Waals surface area (Å²) in [5, 5.41) is 0.613. The molecule has 34 heavy (non-hydrogen) atoms. The first-order valence-corrected chi connectivity index (χ1v) is 11.4. The van der Waals surface area contributed by atoms with Crippen LogP contribution in [0.2, 0.25) is 5.02 Å². The van der Waals surface area contributed by atoms with Crippen LogP contribution in [-0.4, -0.2) is 34.9 Å². The van der Waals surface area contributed by atoms with E-state index in [9.17, 15) is 9.59 Å². The molecular weight excluding hydrogens is 452 g/mol. The van der Waals surface area contributed by atoms with Gasteiger partial charge in [0, 0.05) is 22.6 Å². The maximum atomic E-state index is 12.8. The second kappa shape index (κ2) is 10.1. The van der Waals surface area contributed by atoms with E-state index in [-0.39, 0.29) is 18.8 Å². The van der Waals surface area contributed by atoms with Gasteiger partial charge in [-0.05, 0) is 79.9 Å². The summed E-state index contributed by atoms with van der Waals surface area (Å²) in [5.41, 5.74) is 5.90. The molecule has 0 aliphatic rings. The maximum absolute atomic E-state index is 12.8. The van der Waals surface area contributed by atoms with Gasteiger partial charge in [0.15, 0.2) is 12.4 Å². The molecule has 0 saturated heterocycles. The van der Waals surface area contributed by atoms with E-state index >= 15 is 0 Å². The van der Waals surface area contributed by atoms with Gasteiger partial charge in [-0.2, -0.15) is 0 Å². The van der Waals surface area contributed by atoms with Crippen molar-refractivity contribution in [1.29, 1.82) is 0 Å². The Labute approximate surface area is 202 Å². The standard InChI is InChI=1S/C27H25ClN2O4/c1-4-33-25(32)15-34-21-10-16(2)26(17(3)11-21)27-29-22-9-8-19(14-23(22)30-27)24(31)13-18-6-5-7-20(28)12-18/h5-12,14H,4,13,15H2,1-3H3,(H,29,30). The lowest BCUT2D eigenvalue weighted by Gasteiger charge is -2.12. The fourth-order valence-corrected chi connectivity index (χ4v) is 4.17. The summed E-state index contributed by atoms with van der Waals surface area (Å²) in [6.45, 7) is 5.87. The zero-order chi connectivity index (χ0) is 24.2. The van der Waals surface area contributed by atoms with Crippen molar-refractivity contribution in [2.24, 2.45) is 0 Å². The molecule has 0 fully saturated rings. The van der Waals surface area contributed by atoms with Crippen LogP contribution in [0.25, 0.3) is 22.4 Å². The molecule has 0 aliphatic heterocycles. The quantitative estimate of drug-likeness (QED) is 0.254. The third-order valence-corrected chi connectivity index (χ3v) is 5.70. The predicted molar refractivity (Wildman–Crippen MR) is 133 cm³/mol. The number of benzene rings is 3. The van der Waals surface area contributed by atoms with Gasteiger partial charge in [0.25, 0.3) is 0 Å². The largest absolute Gasteiger partial charge is 0.482 e. The van der Waals surface area contributed by atoms with E-state index in [0.29, 0.717) is 28.8 Å². The molecule has 0 aliphatic carbocycles. The minimum absolute atomic E-state index is 0.00998. The molecule has 7 heteroatoms. The number of aryl methyl sites for hydroxylation is 2. The number of halogens is 1. The smallest absolute Gasteiger partial charge is 0.344 e. The number of imidazole rings is 1. The predicted octanol–water partition coefficient (Wildman–Crippen LogP) is 5.87. The lowest BCUT2D eigenvalue weighted by Crippen LogP contribution is -2.14. The minimum Gasteiger partial charge on any atom is -0.482 e. The van der Waals surface area contributed by atoms with Crippen LogP contribution in [0.5, 0.6) is 5.75 Å². The van der Waals surface area contributed by atoms with E-state index in [0.717, 1.165) is 33.3 Å². The van der Waals surface area contributed by atoms with Crippen molar-refractivity contribution in [3.05, 3.63) is 81.9 Å². The van der Waals surface area contributed by atoms with E-state index < -0.39 is 5.97 Å². The summed E-state index contributed by atoms with van der Waals surface area (Å²) < 4.78 is 10.5. The Morgan fingerprint density at radius 3 is 2.50 bits per heavy atom. The van der Waals surface area contributed by atoms with Crippen LogP contribution in [0.4, 0.5) is 0 Å². The number of fused-ring (bicyclic) bond motifs is 1. The van der Waals surface area contributed by atoms with Crippen LogP contribution < -0.4 is 4.74 Å². The molecule has 0 amide bonds. The monoisotopic (exact) mass is 476 g/mol.